The number of hydrogen-bond acceptors (Lipinski definition) is 7. The topological polar surface area (TPSA) is 89.8 Å². The van der Waals surface area contributed by atoms with Gasteiger partial charge in [-0.1, -0.05) is 25.3 Å². The average Bonchev–Trinajstić information content (AvgIpc) is 3.60. The van der Waals surface area contributed by atoms with Crippen LogP contribution in [-0.4, -0.2) is 61.4 Å². The highest BCUT2D eigenvalue weighted by Gasteiger charge is 2.33. The van der Waals surface area contributed by atoms with Crippen LogP contribution in [0.15, 0.2) is 77.3 Å². The van der Waals surface area contributed by atoms with Crippen molar-refractivity contribution in [3.8, 4) is 0 Å². The number of carbonyl (C=O) groups is 1. The molecule has 0 amide bonds. The number of nitrogens with one attached hydrogen (secondary N) is 2. The summed E-state index contributed by atoms with van der Waals surface area (Å²) in [5.74, 6) is 2.08. The number of carbonyl (C=O) groups excluding carboxylic acids is 1. The summed E-state index contributed by atoms with van der Waals surface area (Å²) in [5.41, 5.74) is 7.91. The molecule has 0 bridgehead atoms. The summed E-state index contributed by atoms with van der Waals surface area (Å²) in [6.07, 6.45) is 10.2. The van der Waals surface area contributed by atoms with E-state index in [9.17, 15) is 4.79 Å². The van der Waals surface area contributed by atoms with Gasteiger partial charge in [0.15, 0.2) is 12.1 Å². The molecule has 1 aromatic heterocycles. The Morgan fingerprint density at radius 1 is 1.32 bits per heavy atom. The smallest absolute Gasteiger partial charge is 0.153 e. The fourth-order valence-corrected chi connectivity index (χ4v) is 5.53. The van der Waals surface area contributed by atoms with E-state index in [-0.39, 0.29) is 6.04 Å². The number of fused-ring (bicyclic) bond motifs is 1. The molecule has 3 heterocycles. The molecular formula is C33H43N5O3. The van der Waals surface area contributed by atoms with Crippen molar-refractivity contribution in [2.24, 2.45) is 4.99 Å². The predicted molar refractivity (Wildman–Crippen MR) is 166 cm³/mol. The molecule has 2 N–H and O–H groups in total. The SMILES string of the molecule is C=CC(=NC(=C)C1=C2C(=CCC1)OCC2Nc1ccc(C2CCNCC2)cc1C)n1ncc(C=O)c1C.CCOC. The minimum Gasteiger partial charge on any atom is -0.491 e. The van der Waals surface area contributed by atoms with Crippen molar-refractivity contribution in [3.63, 3.8) is 0 Å². The number of anilines is 1. The summed E-state index contributed by atoms with van der Waals surface area (Å²) >= 11 is 0. The second-order valence-corrected chi connectivity index (χ2v) is 10.5. The van der Waals surface area contributed by atoms with E-state index < -0.39 is 0 Å². The number of nitrogens with zero attached hydrogens (tertiary/aromatic N) is 3. The van der Waals surface area contributed by atoms with Crippen LogP contribution >= 0.6 is 0 Å². The lowest BCUT2D eigenvalue weighted by Gasteiger charge is -2.25. The molecular weight excluding hydrogens is 514 g/mol. The van der Waals surface area contributed by atoms with E-state index in [1.165, 1.54) is 30.2 Å². The Morgan fingerprint density at radius 2 is 2.07 bits per heavy atom. The van der Waals surface area contributed by atoms with E-state index in [4.69, 9.17) is 9.73 Å². The number of aromatic nitrogens is 2. The molecule has 8 heteroatoms. The average molecular weight is 558 g/mol. The molecule has 3 aliphatic rings. The van der Waals surface area contributed by atoms with Crippen LogP contribution in [0.5, 0.6) is 0 Å². The number of aldehydes is 1. The zero-order chi connectivity index (χ0) is 29.4. The molecule has 2 aromatic rings. The number of piperidine rings is 1. The maximum atomic E-state index is 11.3. The first kappa shape index (κ1) is 30.2. The number of aliphatic imine (C=N–C) groups is 1. The Balaban J connectivity index is 0.000000909. The lowest BCUT2D eigenvalue weighted by atomic mass is 9.88. The Bertz CT molecular complexity index is 1360. The van der Waals surface area contributed by atoms with E-state index in [0.717, 1.165) is 67.1 Å². The first-order valence-electron chi connectivity index (χ1n) is 14.4. The highest BCUT2D eigenvalue weighted by atomic mass is 16.5. The minimum atomic E-state index is 0.0113. The maximum absolute atomic E-state index is 11.3. The Morgan fingerprint density at radius 3 is 2.71 bits per heavy atom. The van der Waals surface area contributed by atoms with E-state index in [2.05, 4.69) is 64.8 Å². The third kappa shape index (κ3) is 6.94. The highest BCUT2D eigenvalue weighted by molar-refractivity contribution is 5.96. The number of rotatable bonds is 8. The van der Waals surface area contributed by atoms with Crippen molar-refractivity contribution in [1.82, 2.24) is 15.1 Å². The van der Waals surface area contributed by atoms with Gasteiger partial charge < -0.3 is 20.1 Å². The van der Waals surface area contributed by atoms with Crippen LogP contribution in [0, 0.1) is 13.8 Å². The lowest BCUT2D eigenvalue weighted by molar-refractivity contribution is 0.112. The second-order valence-electron chi connectivity index (χ2n) is 10.5. The van der Waals surface area contributed by atoms with Gasteiger partial charge in [0.1, 0.15) is 12.4 Å². The fraction of sp³-hybridized carbons (Fsp3) is 0.424. The maximum Gasteiger partial charge on any atom is 0.153 e. The van der Waals surface area contributed by atoms with Crippen LogP contribution in [0.25, 0.3) is 0 Å². The van der Waals surface area contributed by atoms with Gasteiger partial charge in [-0.3, -0.25) is 4.79 Å². The van der Waals surface area contributed by atoms with Crippen molar-refractivity contribution in [1.29, 1.82) is 0 Å². The van der Waals surface area contributed by atoms with Gasteiger partial charge in [0.25, 0.3) is 0 Å². The van der Waals surface area contributed by atoms with E-state index in [1.807, 2.05) is 13.8 Å². The van der Waals surface area contributed by atoms with Crippen molar-refractivity contribution in [2.75, 3.05) is 38.7 Å². The first-order chi connectivity index (χ1) is 19.9. The van der Waals surface area contributed by atoms with Crippen LogP contribution in [-0.2, 0) is 9.47 Å². The molecule has 1 atom stereocenters. The van der Waals surface area contributed by atoms with Crippen LogP contribution in [0.4, 0.5) is 5.69 Å². The molecule has 1 aromatic carbocycles. The molecule has 0 spiro atoms. The van der Waals surface area contributed by atoms with Gasteiger partial charge in [-0.2, -0.15) is 5.10 Å². The van der Waals surface area contributed by atoms with Crippen molar-refractivity contribution < 1.29 is 14.3 Å². The third-order valence-electron chi connectivity index (χ3n) is 7.92. The summed E-state index contributed by atoms with van der Waals surface area (Å²) < 4.78 is 12.3. The van der Waals surface area contributed by atoms with Crippen LogP contribution in [0.1, 0.15) is 65.7 Å². The van der Waals surface area contributed by atoms with Gasteiger partial charge in [-0.25, -0.2) is 9.67 Å². The zero-order valence-electron chi connectivity index (χ0n) is 24.8. The number of aryl methyl sites for hydroxylation is 1. The molecule has 41 heavy (non-hydrogen) atoms. The summed E-state index contributed by atoms with van der Waals surface area (Å²) in [4.78, 5) is 16.1. The molecule has 5 rings (SSSR count). The van der Waals surface area contributed by atoms with Crippen molar-refractivity contribution in [3.05, 3.63) is 94.7 Å². The minimum absolute atomic E-state index is 0.0113. The van der Waals surface area contributed by atoms with Crippen LogP contribution in [0.2, 0.25) is 0 Å². The van der Waals surface area contributed by atoms with Crippen LogP contribution in [0.3, 0.4) is 0 Å². The molecule has 218 valence electrons. The summed E-state index contributed by atoms with van der Waals surface area (Å²) in [5, 5.41) is 11.5. The fourth-order valence-electron chi connectivity index (χ4n) is 5.53. The van der Waals surface area contributed by atoms with Gasteiger partial charge in [0.05, 0.1) is 29.2 Å². The molecule has 0 saturated carbocycles. The second kappa shape index (κ2) is 14.2. The van der Waals surface area contributed by atoms with Crippen LogP contribution < -0.4 is 10.6 Å². The Kier molecular flexibility index (Phi) is 10.5. The van der Waals surface area contributed by atoms with E-state index in [1.54, 1.807) is 17.9 Å². The lowest BCUT2D eigenvalue weighted by Crippen LogP contribution is -2.27. The van der Waals surface area contributed by atoms with E-state index in [0.29, 0.717) is 29.6 Å². The van der Waals surface area contributed by atoms with Gasteiger partial charge in [-0.05, 0) is 100 Å². The first-order valence-corrected chi connectivity index (χ1v) is 14.4. The monoisotopic (exact) mass is 557 g/mol. The Labute approximate surface area is 243 Å². The summed E-state index contributed by atoms with van der Waals surface area (Å²) in [7, 11) is 1.68. The van der Waals surface area contributed by atoms with Gasteiger partial charge in [0, 0.05) is 25.0 Å². The van der Waals surface area contributed by atoms with Gasteiger partial charge in [-0.15, -0.1) is 0 Å². The number of allylic oxidation sites excluding steroid dienone is 3. The van der Waals surface area contributed by atoms with E-state index >= 15 is 0 Å². The normalized spacial score (nSPS) is 19.0. The number of ether oxygens (including phenoxy) is 2. The molecule has 2 aliphatic heterocycles. The van der Waals surface area contributed by atoms with Crippen molar-refractivity contribution in [2.45, 2.75) is 58.4 Å². The van der Waals surface area contributed by atoms with Gasteiger partial charge >= 0.3 is 0 Å². The van der Waals surface area contributed by atoms with Gasteiger partial charge in [0.2, 0.25) is 0 Å². The molecule has 2 saturated heterocycles. The molecule has 0 radical (unpaired) electrons. The quantitative estimate of drug-likeness (QED) is 0.240. The predicted octanol–water partition coefficient (Wildman–Crippen LogP) is 5.86. The Hall–Kier alpha value is -3.75. The summed E-state index contributed by atoms with van der Waals surface area (Å²) in [6.45, 7) is 17.8. The molecule has 1 aliphatic carbocycles. The molecule has 8 nitrogen and oxygen atoms in total. The highest BCUT2D eigenvalue weighted by Crippen LogP contribution is 2.39. The number of methoxy groups -OCH3 is 1. The number of benzene rings is 1. The summed E-state index contributed by atoms with van der Waals surface area (Å²) in [6, 6.07) is 6.83. The van der Waals surface area contributed by atoms with Crippen molar-refractivity contribution >= 4 is 17.8 Å². The molecule has 2 fully saturated rings. The third-order valence-corrected chi connectivity index (χ3v) is 7.92. The molecule has 1 unspecified atom stereocenters. The zero-order valence-corrected chi connectivity index (χ0v) is 24.8. The number of hydrogen-bond donors (Lipinski definition) is 2. The standard InChI is InChI=1S/C30H35N5O2.C3H8O/c1-5-29(35-21(4)24(17-36)16-32-35)33-20(3)25-7-6-8-28-30(25)27(18-37-28)34-26-10-9-23(15-19(26)2)22-11-13-31-14-12-22;1-3-4-2/h5,8-10,15-17,22,27,31,34H,1,3,6-7,11-14,18H2,2,4H3;3H2,1-2H3. The largest absolute Gasteiger partial charge is 0.491 e.